The smallest absolute Gasteiger partial charge is 0.274 e. The highest BCUT2D eigenvalue weighted by molar-refractivity contribution is 6.30. The Kier molecular flexibility index (Phi) is 5.19. The van der Waals surface area contributed by atoms with Gasteiger partial charge in [0, 0.05) is 22.5 Å². The molecule has 0 radical (unpaired) electrons. The highest BCUT2D eigenvalue weighted by atomic mass is 35.5. The van der Waals surface area contributed by atoms with E-state index in [9.17, 15) is 4.79 Å². The molecule has 1 amide bonds. The lowest BCUT2D eigenvalue weighted by atomic mass is 10.1. The molecule has 0 aliphatic carbocycles. The average molecular weight is 367 g/mol. The SMILES string of the molecule is Cc1ccc(C)c(NC(=O)c2cc(Nc3cccc(Cl)c3)nc(C)n2)c1. The summed E-state index contributed by atoms with van der Waals surface area (Å²) in [5.41, 5.74) is 3.93. The second-order valence-corrected chi connectivity index (χ2v) is 6.53. The van der Waals surface area contributed by atoms with Crippen LogP contribution in [0.2, 0.25) is 5.02 Å². The Morgan fingerprint density at radius 1 is 1.00 bits per heavy atom. The van der Waals surface area contributed by atoms with Gasteiger partial charge in [-0.05, 0) is 56.2 Å². The van der Waals surface area contributed by atoms with Crippen LogP contribution in [0.15, 0.2) is 48.5 Å². The third kappa shape index (κ3) is 4.37. The third-order valence-corrected chi connectivity index (χ3v) is 4.04. The number of carbonyl (C=O) groups is 1. The van der Waals surface area contributed by atoms with Gasteiger partial charge in [-0.2, -0.15) is 0 Å². The van der Waals surface area contributed by atoms with Gasteiger partial charge in [0.25, 0.3) is 5.91 Å². The summed E-state index contributed by atoms with van der Waals surface area (Å²) in [5.74, 6) is 0.757. The van der Waals surface area contributed by atoms with E-state index in [1.807, 2.05) is 44.2 Å². The van der Waals surface area contributed by atoms with Crippen molar-refractivity contribution < 1.29 is 4.79 Å². The summed E-state index contributed by atoms with van der Waals surface area (Å²) in [6.45, 7) is 5.68. The van der Waals surface area contributed by atoms with Crippen molar-refractivity contribution in [3.8, 4) is 0 Å². The Morgan fingerprint density at radius 3 is 2.58 bits per heavy atom. The van der Waals surface area contributed by atoms with Crippen LogP contribution in [0.4, 0.5) is 17.2 Å². The first-order chi connectivity index (χ1) is 12.4. The van der Waals surface area contributed by atoms with Gasteiger partial charge < -0.3 is 10.6 Å². The van der Waals surface area contributed by atoms with E-state index in [-0.39, 0.29) is 5.91 Å². The molecule has 132 valence electrons. The molecule has 0 atom stereocenters. The molecule has 0 spiro atoms. The lowest BCUT2D eigenvalue weighted by Gasteiger charge is -2.11. The maximum absolute atomic E-state index is 12.6. The van der Waals surface area contributed by atoms with E-state index in [1.165, 1.54) is 0 Å². The number of amides is 1. The van der Waals surface area contributed by atoms with Crippen molar-refractivity contribution in [3.63, 3.8) is 0 Å². The zero-order valence-electron chi connectivity index (χ0n) is 14.8. The molecule has 0 aliphatic heterocycles. The lowest BCUT2D eigenvalue weighted by molar-refractivity contribution is 0.102. The fourth-order valence-corrected chi connectivity index (χ4v) is 2.71. The van der Waals surface area contributed by atoms with Crippen LogP contribution in [0.25, 0.3) is 0 Å². The summed E-state index contributed by atoms with van der Waals surface area (Å²) in [4.78, 5) is 21.2. The molecule has 1 heterocycles. The van der Waals surface area contributed by atoms with Crippen molar-refractivity contribution in [2.24, 2.45) is 0 Å². The van der Waals surface area contributed by atoms with E-state index in [0.717, 1.165) is 22.5 Å². The molecule has 1 aromatic heterocycles. The topological polar surface area (TPSA) is 66.9 Å². The monoisotopic (exact) mass is 366 g/mol. The van der Waals surface area contributed by atoms with E-state index in [4.69, 9.17) is 11.6 Å². The molecule has 2 N–H and O–H groups in total. The molecule has 0 unspecified atom stereocenters. The average Bonchev–Trinajstić information content (AvgIpc) is 2.57. The van der Waals surface area contributed by atoms with Crippen molar-refractivity contribution in [1.82, 2.24) is 9.97 Å². The summed E-state index contributed by atoms with van der Waals surface area (Å²) in [6.07, 6.45) is 0. The molecular formula is C20H19ClN4O. The summed E-state index contributed by atoms with van der Waals surface area (Å²) in [5, 5.41) is 6.69. The molecule has 0 bridgehead atoms. The Morgan fingerprint density at radius 2 is 1.81 bits per heavy atom. The van der Waals surface area contributed by atoms with Gasteiger partial charge in [-0.15, -0.1) is 0 Å². The quantitative estimate of drug-likeness (QED) is 0.678. The Bertz CT molecular complexity index is 972. The van der Waals surface area contributed by atoms with Crippen LogP contribution in [0.5, 0.6) is 0 Å². The molecule has 2 aromatic carbocycles. The minimum absolute atomic E-state index is 0.279. The molecule has 3 aromatic rings. The maximum atomic E-state index is 12.6. The number of halogens is 1. The predicted molar refractivity (Wildman–Crippen MR) is 105 cm³/mol. The highest BCUT2D eigenvalue weighted by Crippen LogP contribution is 2.21. The van der Waals surface area contributed by atoms with Gasteiger partial charge in [-0.1, -0.05) is 29.8 Å². The van der Waals surface area contributed by atoms with Gasteiger partial charge in [-0.3, -0.25) is 4.79 Å². The number of benzene rings is 2. The fraction of sp³-hybridized carbons (Fsp3) is 0.150. The second-order valence-electron chi connectivity index (χ2n) is 6.09. The van der Waals surface area contributed by atoms with Gasteiger partial charge in [-0.25, -0.2) is 9.97 Å². The molecule has 6 heteroatoms. The number of carbonyl (C=O) groups excluding carboxylic acids is 1. The summed E-state index contributed by atoms with van der Waals surface area (Å²) in [7, 11) is 0. The van der Waals surface area contributed by atoms with E-state index < -0.39 is 0 Å². The zero-order chi connectivity index (χ0) is 18.7. The standard InChI is InChI=1S/C20H19ClN4O/c1-12-7-8-13(2)17(9-12)25-20(26)18-11-19(23-14(3)22-18)24-16-6-4-5-15(21)10-16/h4-11H,1-3H3,(H,25,26)(H,22,23,24). The molecule has 0 aliphatic rings. The summed E-state index contributed by atoms with van der Waals surface area (Å²) < 4.78 is 0. The Hall–Kier alpha value is -2.92. The van der Waals surface area contributed by atoms with E-state index >= 15 is 0 Å². The van der Waals surface area contributed by atoms with Gasteiger partial charge in [0.1, 0.15) is 17.3 Å². The van der Waals surface area contributed by atoms with Gasteiger partial charge in [0.15, 0.2) is 0 Å². The van der Waals surface area contributed by atoms with Crippen LogP contribution in [-0.2, 0) is 0 Å². The van der Waals surface area contributed by atoms with E-state index in [0.29, 0.717) is 22.4 Å². The van der Waals surface area contributed by atoms with Gasteiger partial charge >= 0.3 is 0 Å². The van der Waals surface area contributed by atoms with Crippen LogP contribution in [0.3, 0.4) is 0 Å². The first-order valence-corrected chi connectivity index (χ1v) is 8.55. The van der Waals surface area contributed by atoms with Crippen LogP contribution in [-0.4, -0.2) is 15.9 Å². The van der Waals surface area contributed by atoms with Crippen LogP contribution in [0.1, 0.15) is 27.4 Å². The molecule has 26 heavy (non-hydrogen) atoms. The minimum Gasteiger partial charge on any atom is -0.340 e. The maximum Gasteiger partial charge on any atom is 0.274 e. The highest BCUT2D eigenvalue weighted by Gasteiger charge is 2.12. The number of aryl methyl sites for hydroxylation is 3. The van der Waals surface area contributed by atoms with Gasteiger partial charge in [0.05, 0.1) is 0 Å². The van der Waals surface area contributed by atoms with Crippen molar-refractivity contribution >= 4 is 34.7 Å². The van der Waals surface area contributed by atoms with Crippen LogP contribution >= 0.6 is 11.6 Å². The molecule has 5 nitrogen and oxygen atoms in total. The first kappa shape index (κ1) is 17.9. The van der Waals surface area contributed by atoms with E-state index in [2.05, 4.69) is 20.6 Å². The molecule has 0 fully saturated rings. The molecular weight excluding hydrogens is 348 g/mol. The molecule has 0 saturated heterocycles. The first-order valence-electron chi connectivity index (χ1n) is 8.17. The van der Waals surface area contributed by atoms with Gasteiger partial charge in [0.2, 0.25) is 0 Å². The number of anilines is 3. The molecule has 3 rings (SSSR count). The number of nitrogens with zero attached hydrogens (tertiary/aromatic N) is 2. The van der Waals surface area contributed by atoms with Crippen LogP contribution < -0.4 is 10.6 Å². The fourth-order valence-electron chi connectivity index (χ4n) is 2.52. The van der Waals surface area contributed by atoms with Crippen LogP contribution in [0, 0.1) is 20.8 Å². The third-order valence-electron chi connectivity index (χ3n) is 3.81. The predicted octanol–water partition coefficient (Wildman–Crippen LogP) is 5.05. The lowest BCUT2D eigenvalue weighted by Crippen LogP contribution is -2.16. The van der Waals surface area contributed by atoms with Crippen molar-refractivity contribution in [2.75, 3.05) is 10.6 Å². The normalized spacial score (nSPS) is 10.5. The number of hydrogen-bond acceptors (Lipinski definition) is 4. The van der Waals surface area contributed by atoms with Crippen molar-refractivity contribution in [2.45, 2.75) is 20.8 Å². The summed E-state index contributed by atoms with van der Waals surface area (Å²) in [6, 6.07) is 14.8. The summed E-state index contributed by atoms with van der Waals surface area (Å²) >= 11 is 6.01. The Labute approximate surface area is 157 Å². The number of rotatable bonds is 4. The number of nitrogens with one attached hydrogen (secondary N) is 2. The second kappa shape index (κ2) is 7.54. The number of aromatic nitrogens is 2. The van der Waals surface area contributed by atoms with Crippen molar-refractivity contribution in [3.05, 3.63) is 76.2 Å². The number of hydrogen-bond donors (Lipinski definition) is 2. The largest absolute Gasteiger partial charge is 0.340 e. The zero-order valence-corrected chi connectivity index (χ0v) is 15.6. The van der Waals surface area contributed by atoms with Crippen molar-refractivity contribution in [1.29, 1.82) is 0 Å². The van der Waals surface area contributed by atoms with E-state index in [1.54, 1.807) is 25.1 Å². The minimum atomic E-state index is -0.279. The molecule has 0 saturated carbocycles. The Balaban J connectivity index is 1.84.